The maximum atomic E-state index is 15.3. The molecule has 0 saturated carbocycles. The Morgan fingerprint density at radius 1 is 1.13 bits per heavy atom. The lowest BCUT2D eigenvalue weighted by Gasteiger charge is -2.32. The molecular weight excluding hydrogens is 502 g/mol. The number of allylic oxidation sites excluding steroid dienone is 1. The van der Waals surface area contributed by atoms with Crippen LogP contribution in [0, 0.1) is 11.6 Å². The average Bonchev–Trinajstić information content (AvgIpc) is 3.30. The van der Waals surface area contributed by atoms with E-state index in [1.165, 1.54) is 22.2 Å². The van der Waals surface area contributed by atoms with Gasteiger partial charge in [-0.05, 0) is 67.1 Å². The Labute approximate surface area is 224 Å². The molecule has 0 amide bonds. The lowest BCUT2D eigenvalue weighted by molar-refractivity contribution is -0.0682. The van der Waals surface area contributed by atoms with Crippen LogP contribution in [0.2, 0.25) is 0 Å². The number of nitrogens with zero attached hydrogens (tertiary/aromatic N) is 4. The number of hydrogen-bond acceptors (Lipinski definition) is 7. The van der Waals surface area contributed by atoms with Crippen molar-refractivity contribution in [1.29, 1.82) is 0 Å². The lowest BCUT2D eigenvalue weighted by atomic mass is 9.82. The zero-order valence-electron chi connectivity index (χ0n) is 21.6. The third-order valence-corrected chi connectivity index (χ3v) is 7.70. The first-order chi connectivity index (χ1) is 18.8. The first-order valence-electron chi connectivity index (χ1n) is 13.1. The normalized spacial score (nSPS) is 21.1. The predicted octanol–water partition coefficient (Wildman–Crippen LogP) is 4.96. The van der Waals surface area contributed by atoms with Gasteiger partial charge < -0.3 is 20.9 Å². The third kappa shape index (κ3) is 4.91. The van der Waals surface area contributed by atoms with Crippen LogP contribution in [-0.4, -0.2) is 43.9 Å². The fraction of sp³-hybridized carbons (Fsp3) is 0.345. The number of ether oxygens (including phenoxy) is 1. The number of halogens is 2. The molecule has 1 fully saturated rings. The van der Waals surface area contributed by atoms with Crippen molar-refractivity contribution in [2.45, 2.75) is 50.2 Å². The van der Waals surface area contributed by atoms with Crippen LogP contribution in [0.5, 0.6) is 0 Å². The van der Waals surface area contributed by atoms with Crippen molar-refractivity contribution in [3.8, 4) is 11.3 Å². The second kappa shape index (κ2) is 10.1. The minimum absolute atomic E-state index is 0.00964. The Kier molecular flexibility index (Phi) is 6.62. The molecule has 1 aliphatic heterocycles. The summed E-state index contributed by atoms with van der Waals surface area (Å²) in [7, 11) is 0. The summed E-state index contributed by atoms with van der Waals surface area (Å²) in [5.41, 5.74) is 8.71. The van der Waals surface area contributed by atoms with Crippen LogP contribution in [0.25, 0.3) is 16.8 Å². The monoisotopic (exact) mass is 532 g/mol. The van der Waals surface area contributed by atoms with E-state index in [4.69, 9.17) is 10.5 Å². The smallest absolute Gasteiger partial charge is 0.229 e. The molecule has 1 saturated heterocycles. The Bertz CT molecular complexity index is 1540. The van der Waals surface area contributed by atoms with Gasteiger partial charge in [0, 0.05) is 38.3 Å². The summed E-state index contributed by atoms with van der Waals surface area (Å²) in [6.07, 6.45) is 9.49. The third-order valence-electron chi connectivity index (χ3n) is 7.70. The standard InChI is InChI=1S/C29H30F2N6O2/c1-17-10-18(12-20(32)11-17)22-4-7-33-16-26(22)35-28-34-15-21-2-3-25(36-37(21)28)27-23(30)13-19(14-24(27)31)29(38)5-8-39-9-6-29/h2-4,7,11,13-16,18,20,38H,5-6,8-10,12,32H2,1H3,(H,34,35)/t18-,20+/m1/s1. The van der Waals surface area contributed by atoms with Crippen molar-refractivity contribution in [2.24, 2.45) is 5.73 Å². The van der Waals surface area contributed by atoms with Crippen molar-refractivity contribution in [1.82, 2.24) is 19.6 Å². The minimum atomic E-state index is -1.32. The Morgan fingerprint density at radius 2 is 1.90 bits per heavy atom. The molecule has 0 spiro atoms. The summed E-state index contributed by atoms with van der Waals surface area (Å²) in [4.78, 5) is 8.75. The molecule has 10 heteroatoms. The van der Waals surface area contributed by atoms with E-state index < -0.39 is 17.2 Å². The number of imidazole rings is 1. The zero-order valence-corrected chi connectivity index (χ0v) is 21.6. The number of aromatic nitrogens is 4. The van der Waals surface area contributed by atoms with Gasteiger partial charge in [-0.3, -0.25) is 4.98 Å². The zero-order chi connectivity index (χ0) is 27.1. The van der Waals surface area contributed by atoms with Crippen molar-refractivity contribution < 1.29 is 18.6 Å². The summed E-state index contributed by atoms with van der Waals surface area (Å²) < 4.78 is 37.5. The SMILES string of the molecule is CC1=C[C@H](N)C[C@H](c2ccncc2Nc2ncc3ccc(-c4c(F)cc(C5(O)CCOCC5)cc4F)nn23)C1. The Morgan fingerprint density at radius 3 is 2.64 bits per heavy atom. The minimum Gasteiger partial charge on any atom is -0.385 e. The fourth-order valence-electron chi connectivity index (χ4n) is 5.71. The molecule has 1 aliphatic carbocycles. The molecule has 2 atom stereocenters. The summed E-state index contributed by atoms with van der Waals surface area (Å²) in [5.74, 6) is -0.976. The second-order valence-corrected chi connectivity index (χ2v) is 10.5. The first-order valence-corrected chi connectivity index (χ1v) is 13.1. The molecule has 2 aliphatic rings. The molecule has 3 aromatic heterocycles. The van der Waals surface area contributed by atoms with Gasteiger partial charge in [0.15, 0.2) is 0 Å². The number of anilines is 2. The topological polar surface area (TPSA) is 111 Å². The molecule has 6 rings (SSSR count). The van der Waals surface area contributed by atoms with Gasteiger partial charge in [0.2, 0.25) is 5.95 Å². The van der Waals surface area contributed by atoms with Crippen LogP contribution < -0.4 is 11.1 Å². The quantitative estimate of drug-likeness (QED) is 0.312. The maximum absolute atomic E-state index is 15.3. The van der Waals surface area contributed by atoms with Crippen LogP contribution in [0.4, 0.5) is 20.4 Å². The summed E-state index contributed by atoms with van der Waals surface area (Å²) >= 11 is 0. The maximum Gasteiger partial charge on any atom is 0.229 e. The molecule has 0 bridgehead atoms. The van der Waals surface area contributed by atoms with Gasteiger partial charge in [-0.1, -0.05) is 11.6 Å². The summed E-state index contributed by atoms with van der Waals surface area (Å²) in [6.45, 7) is 2.75. The molecule has 0 radical (unpaired) electrons. The van der Waals surface area contributed by atoms with E-state index in [1.54, 1.807) is 30.7 Å². The van der Waals surface area contributed by atoms with Crippen molar-refractivity contribution >= 4 is 17.2 Å². The first kappa shape index (κ1) is 25.5. The van der Waals surface area contributed by atoms with E-state index in [-0.39, 0.29) is 41.6 Å². The van der Waals surface area contributed by atoms with Crippen LogP contribution in [0.3, 0.4) is 0 Å². The number of aliphatic hydroxyl groups is 1. The number of nitrogens with one attached hydrogen (secondary N) is 1. The van der Waals surface area contributed by atoms with E-state index >= 15 is 8.78 Å². The van der Waals surface area contributed by atoms with Crippen LogP contribution >= 0.6 is 0 Å². The number of fused-ring (bicyclic) bond motifs is 1. The van der Waals surface area contributed by atoms with Gasteiger partial charge >= 0.3 is 0 Å². The van der Waals surface area contributed by atoms with Crippen molar-refractivity contribution in [2.75, 3.05) is 18.5 Å². The number of nitrogens with two attached hydrogens (primary N) is 1. The highest BCUT2D eigenvalue weighted by Gasteiger charge is 2.33. The predicted molar refractivity (Wildman–Crippen MR) is 144 cm³/mol. The van der Waals surface area contributed by atoms with Gasteiger partial charge in [-0.2, -0.15) is 9.61 Å². The largest absolute Gasteiger partial charge is 0.385 e. The van der Waals surface area contributed by atoms with Crippen molar-refractivity contribution in [3.05, 3.63) is 83.3 Å². The van der Waals surface area contributed by atoms with E-state index in [0.29, 0.717) is 24.7 Å². The molecule has 202 valence electrons. The molecule has 8 nitrogen and oxygen atoms in total. The number of hydrogen-bond donors (Lipinski definition) is 3. The molecule has 4 N–H and O–H groups in total. The lowest BCUT2D eigenvalue weighted by Crippen LogP contribution is -2.33. The van der Waals surface area contributed by atoms with Crippen LogP contribution in [-0.2, 0) is 10.3 Å². The highest BCUT2D eigenvalue weighted by atomic mass is 19.1. The second-order valence-electron chi connectivity index (χ2n) is 10.5. The van der Waals surface area contributed by atoms with Gasteiger partial charge in [-0.15, -0.1) is 0 Å². The van der Waals surface area contributed by atoms with E-state index in [1.807, 2.05) is 6.07 Å². The van der Waals surface area contributed by atoms with Gasteiger partial charge in [0.1, 0.15) is 11.6 Å². The van der Waals surface area contributed by atoms with Crippen LogP contribution in [0.1, 0.15) is 49.7 Å². The van der Waals surface area contributed by atoms with E-state index in [2.05, 4.69) is 33.4 Å². The summed E-state index contributed by atoms with van der Waals surface area (Å²) in [5, 5.41) is 18.8. The molecular formula is C29H30F2N6O2. The fourth-order valence-corrected chi connectivity index (χ4v) is 5.71. The van der Waals surface area contributed by atoms with E-state index in [0.717, 1.165) is 24.1 Å². The Hall–Kier alpha value is -3.73. The highest BCUT2D eigenvalue weighted by molar-refractivity contribution is 5.66. The number of pyridine rings is 1. The molecule has 1 aromatic carbocycles. The summed E-state index contributed by atoms with van der Waals surface area (Å²) in [6, 6.07) is 7.61. The van der Waals surface area contributed by atoms with Gasteiger partial charge in [-0.25, -0.2) is 13.8 Å². The number of benzene rings is 1. The molecule has 4 heterocycles. The molecule has 4 aromatic rings. The highest BCUT2D eigenvalue weighted by Crippen LogP contribution is 2.38. The van der Waals surface area contributed by atoms with Crippen LogP contribution in [0.15, 0.2) is 60.6 Å². The van der Waals surface area contributed by atoms with Gasteiger partial charge in [0.05, 0.1) is 40.5 Å². The molecule has 39 heavy (non-hydrogen) atoms. The average molecular weight is 533 g/mol. The van der Waals surface area contributed by atoms with E-state index in [9.17, 15) is 5.11 Å². The van der Waals surface area contributed by atoms with Crippen molar-refractivity contribution in [3.63, 3.8) is 0 Å². The molecule has 0 unspecified atom stereocenters. The van der Waals surface area contributed by atoms with Gasteiger partial charge in [0.25, 0.3) is 0 Å². The number of rotatable bonds is 5. The Balaban J connectivity index is 1.34.